The van der Waals surface area contributed by atoms with Crippen LogP contribution in [0.2, 0.25) is 0 Å². The highest BCUT2D eigenvalue weighted by molar-refractivity contribution is 5.51. The van der Waals surface area contributed by atoms with Crippen LogP contribution in [0.3, 0.4) is 0 Å². The van der Waals surface area contributed by atoms with Gasteiger partial charge in [-0.15, -0.1) is 0 Å². The van der Waals surface area contributed by atoms with Crippen LogP contribution in [0.1, 0.15) is 33.1 Å². The van der Waals surface area contributed by atoms with E-state index in [4.69, 9.17) is 10.5 Å². The number of ether oxygens (including phenoxy) is 1. The molecular formula is C16H26N2O. The number of hydrogen-bond acceptors (Lipinski definition) is 3. The molecule has 1 aromatic rings. The molecule has 0 bridgehead atoms. The summed E-state index contributed by atoms with van der Waals surface area (Å²) in [6.45, 7) is 9.03. The lowest BCUT2D eigenvalue weighted by atomic mass is 9.84. The van der Waals surface area contributed by atoms with Gasteiger partial charge in [-0.3, -0.25) is 0 Å². The highest BCUT2D eigenvalue weighted by Gasteiger charge is 2.25. The largest absolute Gasteiger partial charge is 0.491 e. The molecule has 1 saturated heterocycles. The maximum atomic E-state index is 5.85. The predicted octanol–water partition coefficient (Wildman–Crippen LogP) is 3.16. The minimum absolute atomic E-state index is 0.475. The number of likely N-dealkylation sites (tertiary alicyclic amines) is 1. The fraction of sp³-hybridized carbons (Fsp3) is 0.625. The number of para-hydroxylation sites is 2. The zero-order valence-electron chi connectivity index (χ0n) is 12.2. The van der Waals surface area contributed by atoms with Crippen molar-refractivity contribution < 1.29 is 4.74 Å². The molecule has 106 valence electrons. The van der Waals surface area contributed by atoms with Crippen molar-refractivity contribution in [2.24, 2.45) is 5.41 Å². The van der Waals surface area contributed by atoms with Gasteiger partial charge in [0.25, 0.3) is 0 Å². The SMILES string of the molecule is CC1(C)CCCN(CCCOc2ccccc2N)C1. The zero-order valence-corrected chi connectivity index (χ0v) is 12.2. The first-order valence-electron chi connectivity index (χ1n) is 7.26. The van der Waals surface area contributed by atoms with Gasteiger partial charge in [-0.05, 0) is 43.4 Å². The maximum absolute atomic E-state index is 5.85. The summed E-state index contributed by atoms with van der Waals surface area (Å²) in [5, 5.41) is 0. The number of piperidine rings is 1. The molecule has 0 saturated carbocycles. The van der Waals surface area contributed by atoms with E-state index in [0.29, 0.717) is 5.41 Å². The van der Waals surface area contributed by atoms with Crippen molar-refractivity contribution in [3.8, 4) is 5.75 Å². The van der Waals surface area contributed by atoms with E-state index < -0.39 is 0 Å². The van der Waals surface area contributed by atoms with Gasteiger partial charge in [0.15, 0.2) is 0 Å². The van der Waals surface area contributed by atoms with Crippen LogP contribution in [0.5, 0.6) is 5.75 Å². The molecule has 1 aromatic carbocycles. The average Bonchev–Trinajstić information content (AvgIpc) is 2.35. The summed E-state index contributed by atoms with van der Waals surface area (Å²) in [6, 6.07) is 7.69. The van der Waals surface area contributed by atoms with Gasteiger partial charge < -0.3 is 15.4 Å². The third kappa shape index (κ3) is 4.43. The Bertz CT molecular complexity index is 403. The van der Waals surface area contributed by atoms with Gasteiger partial charge in [0.1, 0.15) is 5.75 Å². The van der Waals surface area contributed by atoms with E-state index in [0.717, 1.165) is 31.0 Å². The van der Waals surface area contributed by atoms with Gasteiger partial charge in [0.2, 0.25) is 0 Å². The summed E-state index contributed by atoms with van der Waals surface area (Å²) >= 11 is 0. The lowest BCUT2D eigenvalue weighted by Gasteiger charge is -2.38. The first kappa shape index (κ1) is 14.2. The molecule has 0 atom stereocenters. The highest BCUT2D eigenvalue weighted by Crippen LogP contribution is 2.28. The molecule has 0 aliphatic carbocycles. The second-order valence-corrected chi connectivity index (χ2v) is 6.28. The standard InChI is InChI=1S/C16H26N2O/c1-16(2)9-5-10-18(13-16)11-6-12-19-15-8-4-3-7-14(15)17/h3-4,7-8H,5-6,9-13,17H2,1-2H3. The molecule has 1 aliphatic rings. The van der Waals surface area contributed by atoms with Crippen molar-refractivity contribution in [2.45, 2.75) is 33.1 Å². The van der Waals surface area contributed by atoms with E-state index in [1.165, 1.54) is 25.9 Å². The molecule has 0 aromatic heterocycles. The van der Waals surface area contributed by atoms with E-state index >= 15 is 0 Å². The van der Waals surface area contributed by atoms with Crippen molar-refractivity contribution in [1.29, 1.82) is 0 Å². The Balaban J connectivity index is 1.68. The number of nitrogen functional groups attached to an aromatic ring is 1. The van der Waals surface area contributed by atoms with E-state index in [1.807, 2.05) is 24.3 Å². The average molecular weight is 262 g/mol. The first-order valence-corrected chi connectivity index (χ1v) is 7.26. The van der Waals surface area contributed by atoms with Crippen LogP contribution in [0.25, 0.3) is 0 Å². The Labute approximate surface area is 116 Å². The molecule has 3 heteroatoms. The summed E-state index contributed by atoms with van der Waals surface area (Å²) in [4.78, 5) is 2.56. The lowest BCUT2D eigenvalue weighted by Crippen LogP contribution is -2.40. The van der Waals surface area contributed by atoms with Crippen LogP contribution < -0.4 is 10.5 Å². The van der Waals surface area contributed by atoms with Gasteiger partial charge in [-0.1, -0.05) is 26.0 Å². The minimum Gasteiger partial charge on any atom is -0.491 e. The van der Waals surface area contributed by atoms with Crippen molar-refractivity contribution in [3.05, 3.63) is 24.3 Å². The summed E-state index contributed by atoms with van der Waals surface area (Å²) < 4.78 is 5.73. The van der Waals surface area contributed by atoms with Crippen molar-refractivity contribution in [2.75, 3.05) is 32.0 Å². The summed E-state index contributed by atoms with van der Waals surface area (Å²) in [5.41, 5.74) is 7.04. The normalized spacial score (nSPS) is 19.3. The molecule has 0 spiro atoms. The summed E-state index contributed by atoms with van der Waals surface area (Å²) in [6.07, 6.45) is 3.73. The third-order valence-electron chi connectivity index (χ3n) is 3.77. The molecule has 3 nitrogen and oxygen atoms in total. The minimum atomic E-state index is 0.475. The van der Waals surface area contributed by atoms with Crippen molar-refractivity contribution >= 4 is 5.69 Å². The Morgan fingerprint density at radius 3 is 2.84 bits per heavy atom. The molecule has 19 heavy (non-hydrogen) atoms. The van der Waals surface area contributed by atoms with Crippen LogP contribution in [0.4, 0.5) is 5.69 Å². The summed E-state index contributed by atoms with van der Waals surface area (Å²) in [7, 11) is 0. The zero-order chi connectivity index (χ0) is 13.7. The Hall–Kier alpha value is -1.22. The van der Waals surface area contributed by atoms with Crippen LogP contribution in [0, 0.1) is 5.41 Å². The summed E-state index contributed by atoms with van der Waals surface area (Å²) in [5.74, 6) is 0.807. The second kappa shape index (κ2) is 6.29. The molecule has 0 radical (unpaired) electrons. The van der Waals surface area contributed by atoms with Gasteiger partial charge in [0, 0.05) is 13.1 Å². The second-order valence-electron chi connectivity index (χ2n) is 6.28. The molecule has 1 fully saturated rings. The van der Waals surface area contributed by atoms with Gasteiger partial charge >= 0.3 is 0 Å². The maximum Gasteiger partial charge on any atom is 0.142 e. The molecular weight excluding hydrogens is 236 g/mol. The smallest absolute Gasteiger partial charge is 0.142 e. The van der Waals surface area contributed by atoms with Gasteiger partial charge in [0.05, 0.1) is 12.3 Å². The third-order valence-corrected chi connectivity index (χ3v) is 3.77. The van der Waals surface area contributed by atoms with Crippen molar-refractivity contribution in [1.82, 2.24) is 4.90 Å². The van der Waals surface area contributed by atoms with Crippen LogP contribution in [0.15, 0.2) is 24.3 Å². The number of anilines is 1. The van der Waals surface area contributed by atoms with E-state index in [2.05, 4.69) is 18.7 Å². The Morgan fingerprint density at radius 1 is 1.32 bits per heavy atom. The number of rotatable bonds is 5. The quantitative estimate of drug-likeness (QED) is 0.654. The van der Waals surface area contributed by atoms with Gasteiger partial charge in [-0.25, -0.2) is 0 Å². The Kier molecular flexibility index (Phi) is 4.70. The van der Waals surface area contributed by atoms with Gasteiger partial charge in [-0.2, -0.15) is 0 Å². The first-order chi connectivity index (χ1) is 9.07. The molecule has 1 heterocycles. The number of hydrogen-bond donors (Lipinski definition) is 1. The van der Waals surface area contributed by atoms with E-state index in [-0.39, 0.29) is 0 Å². The molecule has 2 rings (SSSR count). The molecule has 0 amide bonds. The number of nitrogens with two attached hydrogens (primary N) is 1. The molecule has 1 aliphatic heterocycles. The number of nitrogens with zero attached hydrogens (tertiary/aromatic N) is 1. The predicted molar refractivity (Wildman–Crippen MR) is 80.4 cm³/mol. The Morgan fingerprint density at radius 2 is 2.11 bits per heavy atom. The molecule has 0 unspecified atom stereocenters. The van der Waals surface area contributed by atoms with E-state index in [9.17, 15) is 0 Å². The van der Waals surface area contributed by atoms with Crippen LogP contribution in [-0.2, 0) is 0 Å². The van der Waals surface area contributed by atoms with Crippen molar-refractivity contribution in [3.63, 3.8) is 0 Å². The number of benzene rings is 1. The lowest BCUT2D eigenvalue weighted by molar-refractivity contribution is 0.111. The van der Waals surface area contributed by atoms with Crippen LogP contribution in [-0.4, -0.2) is 31.1 Å². The fourth-order valence-electron chi connectivity index (χ4n) is 2.82. The topological polar surface area (TPSA) is 38.5 Å². The highest BCUT2D eigenvalue weighted by atomic mass is 16.5. The monoisotopic (exact) mass is 262 g/mol. The molecule has 2 N–H and O–H groups in total. The fourth-order valence-corrected chi connectivity index (χ4v) is 2.82. The van der Waals surface area contributed by atoms with E-state index in [1.54, 1.807) is 0 Å². The van der Waals surface area contributed by atoms with Crippen LogP contribution >= 0.6 is 0 Å².